The first-order valence-electron chi connectivity index (χ1n) is 5.36. The van der Waals surface area contributed by atoms with Gasteiger partial charge < -0.3 is 4.74 Å². The normalized spacial score (nSPS) is 10.0. The highest BCUT2D eigenvalue weighted by molar-refractivity contribution is 6.30. The molecule has 0 atom stereocenters. The second kappa shape index (κ2) is 5.68. The lowest BCUT2D eigenvalue weighted by atomic mass is 10.1. The lowest BCUT2D eigenvalue weighted by molar-refractivity contribution is 0.298. The zero-order valence-electron chi connectivity index (χ0n) is 9.66. The smallest absolute Gasteiger partial charge is 0.145 e. The second-order valence-electron chi connectivity index (χ2n) is 3.78. The van der Waals surface area contributed by atoms with Crippen LogP contribution >= 0.6 is 11.6 Å². The number of benzene rings is 2. The number of hydrogen-bond donors (Lipinski definition) is 0. The Kier molecular flexibility index (Phi) is 3.98. The van der Waals surface area contributed by atoms with Crippen molar-refractivity contribution < 1.29 is 13.5 Å². The lowest BCUT2D eigenvalue weighted by Gasteiger charge is -2.07. The van der Waals surface area contributed by atoms with Crippen LogP contribution in [0.4, 0.5) is 8.78 Å². The van der Waals surface area contributed by atoms with Crippen LogP contribution in [0.15, 0.2) is 36.4 Å². The fourth-order valence-corrected chi connectivity index (χ4v) is 1.58. The van der Waals surface area contributed by atoms with Crippen LogP contribution in [-0.4, -0.2) is 0 Å². The van der Waals surface area contributed by atoms with Gasteiger partial charge in [-0.3, -0.25) is 0 Å². The summed E-state index contributed by atoms with van der Waals surface area (Å²) in [5.41, 5.74) is 0.521. The molecule has 0 N–H and O–H groups in total. The molecule has 0 aliphatic heterocycles. The minimum Gasteiger partial charge on any atom is -0.489 e. The molecule has 0 heterocycles. The molecular weight excluding hydrogens is 272 g/mol. The standard InChI is InChI=1S/C14H8ClF2NO/c15-12-4-3-11(6-14(12)17)19-8-10-2-1-9(7-18)5-13(10)16/h1-6H,8H2. The molecular formula is C14H8ClF2NO. The summed E-state index contributed by atoms with van der Waals surface area (Å²) in [4.78, 5) is 0. The fraction of sp³-hybridized carbons (Fsp3) is 0.0714. The molecule has 0 bridgehead atoms. The highest BCUT2D eigenvalue weighted by Crippen LogP contribution is 2.21. The second-order valence-corrected chi connectivity index (χ2v) is 4.19. The minimum atomic E-state index is -0.598. The summed E-state index contributed by atoms with van der Waals surface area (Å²) in [6.45, 7) is -0.0569. The van der Waals surface area contributed by atoms with Crippen LogP contribution in [0.1, 0.15) is 11.1 Å². The molecule has 2 rings (SSSR count). The molecule has 2 nitrogen and oxygen atoms in total. The molecule has 0 aliphatic rings. The summed E-state index contributed by atoms with van der Waals surface area (Å²) in [5.74, 6) is -0.876. The van der Waals surface area contributed by atoms with E-state index in [1.165, 1.54) is 24.3 Å². The number of ether oxygens (including phenoxy) is 1. The molecule has 0 saturated heterocycles. The molecule has 5 heteroatoms. The molecule has 96 valence electrons. The van der Waals surface area contributed by atoms with Gasteiger partial charge in [0.1, 0.15) is 24.0 Å². The van der Waals surface area contributed by atoms with Gasteiger partial charge in [0.05, 0.1) is 16.7 Å². The van der Waals surface area contributed by atoms with Crippen molar-refractivity contribution in [2.45, 2.75) is 6.61 Å². The Morgan fingerprint density at radius 1 is 1.11 bits per heavy atom. The van der Waals surface area contributed by atoms with Gasteiger partial charge in [-0.25, -0.2) is 8.78 Å². The summed E-state index contributed by atoms with van der Waals surface area (Å²) in [7, 11) is 0. The zero-order valence-corrected chi connectivity index (χ0v) is 10.4. The topological polar surface area (TPSA) is 33.0 Å². The van der Waals surface area contributed by atoms with E-state index in [-0.39, 0.29) is 28.5 Å². The number of nitriles is 1. The summed E-state index contributed by atoms with van der Waals surface area (Å²) in [5, 5.41) is 8.61. The Hall–Kier alpha value is -2.12. The first kappa shape index (κ1) is 13.3. The van der Waals surface area contributed by atoms with Crippen LogP contribution in [0.5, 0.6) is 5.75 Å². The summed E-state index contributed by atoms with van der Waals surface area (Å²) in [6, 6.07) is 9.90. The zero-order chi connectivity index (χ0) is 13.8. The molecule has 2 aromatic carbocycles. The number of hydrogen-bond acceptors (Lipinski definition) is 2. The van der Waals surface area contributed by atoms with Gasteiger partial charge in [0, 0.05) is 11.6 Å². The van der Waals surface area contributed by atoms with E-state index in [4.69, 9.17) is 21.6 Å². The van der Waals surface area contributed by atoms with E-state index in [1.54, 1.807) is 0 Å². The summed E-state index contributed by atoms with van der Waals surface area (Å²) in [6.07, 6.45) is 0. The highest BCUT2D eigenvalue weighted by atomic mass is 35.5. The van der Waals surface area contributed by atoms with E-state index in [9.17, 15) is 8.78 Å². The third kappa shape index (κ3) is 3.21. The van der Waals surface area contributed by atoms with Crippen molar-refractivity contribution in [1.82, 2.24) is 0 Å². The summed E-state index contributed by atoms with van der Waals surface area (Å²) >= 11 is 5.54. The number of rotatable bonds is 3. The number of halogens is 3. The van der Waals surface area contributed by atoms with Gasteiger partial charge >= 0.3 is 0 Å². The summed E-state index contributed by atoms with van der Waals surface area (Å²) < 4.78 is 32.0. The molecule has 0 unspecified atom stereocenters. The molecule has 19 heavy (non-hydrogen) atoms. The predicted octanol–water partition coefficient (Wildman–Crippen LogP) is 4.07. The van der Waals surface area contributed by atoms with E-state index < -0.39 is 11.6 Å². The molecule has 0 aromatic heterocycles. The van der Waals surface area contributed by atoms with Crippen LogP contribution in [-0.2, 0) is 6.61 Å². The first-order valence-corrected chi connectivity index (χ1v) is 5.74. The van der Waals surface area contributed by atoms with E-state index in [1.807, 2.05) is 6.07 Å². The molecule has 0 amide bonds. The molecule has 0 spiro atoms. The average Bonchev–Trinajstić information content (AvgIpc) is 2.41. The third-order valence-corrected chi connectivity index (χ3v) is 2.77. The van der Waals surface area contributed by atoms with E-state index in [2.05, 4.69) is 0 Å². The van der Waals surface area contributed by atoms with Gasteiger partial charge in [-0.05, 0) is 24.3 Å². The van der Waals surface area contributed by atoms with Crippen molar-refractivity contribution in [3.8, 4) is 11.8 Å². The molecule has 0 aliphatic carbocycles. The van der Waals surface area contributed by atoms with Gasteiger partial charge in [-0.2, -0.15) is 5.26 Å². The largest absolute Gasteiger partial charge is 0.489 e. The van der Waals surface area contributed by atoms with Gasteiger partial charge in [-0.15, -0.1) is 0 Å². The quantitative estimate of drug-likeness (QED) is 0.848. The van der Waals surface area contributed by atoms with Crippen molar-refractivity contribution in [3.05, 3.63) is 64.2 Å². The third-order valence-electron chi connectivity index (χ3n) is 2.47. The van der Waals surface area contributed by atoms with E-state index >= 15 is 0 Å². The lowest BCUT2D eigenvalue weighted by Crippen LogP contribution is -1.99. The van der Waals surface area contributed by atoms with Gasteiger partial charge in [0.15, 0.2) is 0 Å². The molecule has 0 fully saturated rings. The van der Waals surface area contributed by atoms with Crippen molar-refractivity contribution in [1.29, 1.82) is 5.26 Å². The van der Waals surface area contributed by atoms with Gasteiger partial charge in [0.2, 0.25) is 0 Å². The Balaban J connectivity index is 2.10. The monoisotopic (exact) mass is 279 g/mol. The first-order chi connectivity index (χ1) is 9.10. The van der Waals surface area contributed by atoms with Crippen molar-refractivity contribution in [2.24, 2.45) is 0 Å². The SMILES string of the molecule is N#Cc1ccc(COc2ccc(Cl)c(F)c2)c(F)c1. The van der Waals surface area contributed by atoms with E-state index in [0.717, 1.165) is 12.1 Å². The molecule has 0 saturated carbocycles. The van der Waals surface area contributed by atoms with Crippen molar-refractivity contribution in [2.75, 3.05) is 0 Å². The maximum atomic E-state index is 13.6. The predicted molar refractivity (Wildman–Crippen MR) is 66.9 cm³/mol. The van der Waals surface area contributed by atoms with Gasteiger partial charge in [0.25, 0.3) is 0 Å². The maximum Gasteiger partial charge on any atom is 0.145 e. The van der Waals surface area contributed by atoms with Crippen LogP contribution in [0.2, 0.25) is 5.02 Å². The highest BCUT2D eigenvalue weighted by Gasteiger charge is 2.06. The average molecular weight is 280 g/mol. The van der Waals surface area contributed by atoms with Crippen LogP contribution in [0.3, 0.4) is 0 Å². The van der Waals surface area contributed by atoms with Crippen molar-refractivity contribution in [3.63, 3.8) is 0 Å². The Labute approximate surface area is 113 Å². The minimum absolute atomic E-state index is 0.00287. The fourth-order valence-electron chi connectivity index (χ4n) is 1.46. The van der Waals surface area contributed by atoms with Gasteiger partial charge in [-0.1, -0.05) is 17.7 Å². The Morgan fingerprint density at radius 3 is 2.53 bits per heavy atom. The maximum absolute atomic E-state index is 13.6. The molecule has 0 radical (unpaired) electrons. The molecule has 2 aromatic rings. The Bertz CT molecular complexity index is 652. The van der Waals surface area contributed by atoms with Crippen LogP contribution in [0, 0.1) is 23.0 Å². The number of nitrogens with zero attached hydrogens (tertiary/aromatic N) is 1. The van der Waals surface area contributed by atoms with Crippen molar-refractivity contribution >= 4 is 11.6 Å². The van der Waals surface area contributed by atoms with Crippen LogP contribution < -0.4 is 4.74 Å². The van der Waals surface area contributed by atoms with E-state index in [0.29, 0.717) is 0 Å². The Morgan fingerprint density at radius 2 is 1.89 bits per heavy atom. The van der Waals surface area contributed by atoms with Crippen LogP contribution in [0.25, 0.3) is 0 Å².